The lowest BCUT2D eigenvalue weighted by molar-refractivity contribution is -0.139. The summed E-state index contributed by atoms with van der Waals surface area (Å²) >= 11 is 12.1. The molecular weight excluding hydrogens is 341 g/mol. The van der Waals surface area contributed by atoms with Gasteiger partial charge in [0.05, 0.1) is 5.41 Å². The first-order chi connectivity index (χ1) is 10.7. The quantitative estimate of drug-likeness (QED) is 0.841. The number of nitrogens with one attached hydrogen (secondary N) is 1. The first-order valence-corrected chi connectivity index (χ1v) is 8.40. The average molecular weight is 360 g/mol. The van der Waals surface area contributed by atoms with Crippen molar-refractivity contribution >= 4 is 40.8 Å². The van der Waals surface area contributed by atoms with Crippen LogP contribution >= 0.6 is 23.2 Å². The Hall–Kier alpha value is -1.27. The second kappa shape index (κ2) is 5.67. The molecule has 0 radical (unpaired) electrons. The lowest BCUT2D eigenvalue weighted by Gasteiger charge is -2.33. The van der Waals surface area contributed by atoms with Crippen molar-refractivity contribution in [3.05, 3.63) is 11.8 Å². The van der Waals surface area contributed by atoms with Crippen molar-refractivity contribution in [2.75, 3.05) is 18.4 Å². The van der Waals surface area contributed by atoms with E-state index in [1.165, 1.54) is 0 Å². The second-order valence-corrected chi connectivity index (χ2v) is 8.08. The largest absolute Gasteiger partial charge is 0.360 e. The molecule has 1 saturated carbocycles. The molecule has 8 heteroatoms. The summed E-state index contributed by atoms with van der Waals surface area (Å²) in [5.74, 6) is 0.815. The zero-order chi connectivity index (χ0) is 16.8. The number of piperidine rings is 1. The van der Waals surface area contributed by atoms with E-state index in [1.54, 1.807) is 24.8 Å². The first kappa shape index (κ1) is 16.6. The smallest absolute Gasteiger partial charge is 0.231 e. The van der Waals surface area contributed by atoms with E-state index in [2.05, 4.69) is 10.5 Å². The lowest BCUT2D eigenvalue weighted by atomic mass is 9.94. The van der Waals surface area contributed by atoms with E-state index >= 15 is 0 Å². The molecule has 6 nitrogen and oxygen atoms in total. The second-order valence-electron chi connectivity index (χ2n) is 6.59. The van der Waals surface area contributed by atoms with Crippen LogP contribution in [0.2, 0.25) is 0 Å². The molecule has 2 amide bonds. The standard InChI is InChI=1S/C15H19Cl2N3O3/c1-9-7-11(19-23-9)18-12(21)10-3-5-20(6-4-10)13(22)14(2)8-15(14,16)17/h7,10H,3-6,8H2,1-2H3,(H,18,19,21). The van der Waals surface area contributed by atoms with Crippen molar-refractivity contribution in [1.29, 1.82) is 0 Å². The molecule has 2 heterocycles. The van der Waals surface area contributed by atoms with E-state index in [4.69, 9.17) is 27.7 Å². The highest BCUT2D eigenvalue weighted by molar-refractivity contribution is 6.53. The van der Waals surface area contributed by atoms with Crippen LogP contribution in [0.15, 0.2) is 10.6 Å². The average Bonchev–Trinajstić information content (AvgIpc) is 2.81. The Bertz CT molecular complexity index is 638. The minimum absolute atomic E-state index is 0.0199. The highest BCUT2D eigenvalue weighted by Gasteiger charge is 2.68. The maximum atomic E-state index is 12.5. The maximum Gasteiger partial charge on any atom is 0.231 e. The van der Waals surface area contributed by atoms with Crippen LogP contribution in [0, 0.1) is 18.3 Å². The number of amides is 2. The number of alkyl halides is 2. The number of aromatic nitrogens is 1. The Labute approximate surface area is 144 Å². The van der Waals surface area contributed by atoms with Crippen molar-refractivity contribution in [3.63, 3.8) is 0 Å². The topological polar surface area (TPSA) is 75.4 Å². The van der Waals surface area contributed by atoms with Gasteiger partial charge in [-0.05, 0) is 33.1 Å². The summed E-state index contributed by atoms with van der Waals surface area (Å²) in [4.78, 5) is 26.5. The van der Waals surface area contributed by atoms with E-state index in [1.807, 2.05) is 0 Å². The molecule has 0 spiro atoms. The van der Waals surface area contributed by atoms with Crippen LogP contribution in [0.4, 0.5) is 5.82 Å². The number of anilines is 1. The number of rotatable bonds is 3. The van der Waals surface area contributed by atoms with Gasteiger partial charge in [-0.25, -0.2) is 0 Å². The van der Waals surface area contributed by atoms with Crippen LogP contribution < -0.4 is 5.32 Å². The monoisotopic (exact) mass is 359 g/mol. The number of halogens is 2. The number of likely N-dealkylation sites (tertiary alicyclic amines) is 1. The van der Waals surface area contributed by atoms with Crippen LogP contribution in [0.25, 0.3) is 0 Å². The minimum atomic E-state index is -0.955. The molecule has 1 aliphatic heterocycles. The Kier molecular flexibility index (Phi) is 4.09. The molecule has 0 bridgehead atoms. The predicted molar refractivity (Wildman–Crippen MR) is 86.3 cm³/mol. The summed E-state index contributed by atoms with van der Waals surface area (Å²) < 4.78 is 3.97. The van der Waals surface area contributed by atoms with Crippen molar-refractivity contribution in [1.82, 2.24) is 10.1 Å². The van der Waals surface area contributed by atoms with Crippen molar-refractivity contribution in [2.45, 2.75) is 37.4 Å². The fraction of sp³-hybridized carbons (Fsp3) is 0.667. The third-order valence-electron chi connectivity index (χ3n) is 4.76. The van der Waals surface area contributed by atoms with Crippen molar-refractivity contribution in [2.24, 2.45) is 11.3 Å². The predicted octanol–water partition coefficient (Wildman–Crippen LogP) is 2.74. The van der Waals surface area contributed by atoms with E-state index < -0.39 is 9.75 Å². The van der Waals surface area contributed by atoms with Gasteiger partial charge in [-0.2, -0.15) is 0 Å². The number of carbonyl (C=O) groups is 2. The Balaban J connectivity index is 1.52. The van der Waals surface area contributed by atoms with Gasteiger partial charge in [0, 0.05) is 25.1 Å². The zero-order valence-electron chi connectivity index (χ0n) is 13.1. The van der Waals surface area contributed by atoms with Crippen LogP contribution in [0.5, 0.6) is 0 Å². The van der Waals surface area contributed by atoms with Gasteiger partial charge in [-0.15, -0.1) is 23.2 Å². The fourth-order valence-corrected chi connectivity index (χ4v) is 3.68. The minimum Gasteiger partial charge on any atom is -0.360 e. The summed E-state index contributed by atoms with van der Waals surface area (Å²) in [5.41, 5.74) is -0.691. The molecule has 1 atom stereocenters. The first-order valence-electron chi connectivity index (χ1n) is 7.64. The third-order valence-corrected chi connectivity index (χ3v) is 5.86. The molecule has 3 rings (SSSR count). The van der Waals surface area contributed by atoms with E-state index in [0.717, 1.165) is 0 Å². The molecule has 2 aliphatic rings. The lowest BCUT2D eigenvalue weighted by Crippen LogP contribution is -2.45. The highest BCUT2D eigenvalue weighted by atomic mass is 35.5. The summed E-state index contributed by atoms with van der Waals surface area (Å²) in [6.45, 7) is 4.63. The number of hydrogen-bond acceptors (Lipinski definition) is 4. The molecule has 126 valence electrons. The molecule has 1 N–H and O–H groups in total. The zero-order valence-corrected chi connectivity index (χ0v) is 14.6. The highest BCUT2D eigenvalue weighted by Crippen LogP contribution is 2.64. The van der Waals surface area contributed by atoms with Crippen LogP contribution in [-0.2, 0) is 9.59 Å². The molecule has 2 fully saturated rings. The van der Waals surface area contributed by atoms with Gasteiger partial charge in [0.2, 0.25) is 11.8 Å². The molecule has 23 heavy (non-hydrogen) atoms. The number of aryl methyl sites for hydroxylation is 1. The Morgan fingerprint density at radius 3 is 2.48 bits per heavy atom. The summed E-state index contributed by atoms with van der Waals surface area (Å²) in [6.07, 6.45) is 1.71. The number of nitrogens with zero attached hydrogens (tertiary/aromatic N) is 2. The van der Waals surface area contributed by atoms with Gasteiger partial charge in [-0.3, -0.25) is 9.59 Å². The van der Waals surface area contributed by atoms with Gasteiger partial charge < -0.3 is 14.7 Å². The van der Waals surface area contributed by atoms with Crippen molar-refractivity contribution in [3.8, 4) is 0 Å². The fourth-order valence-electron chi connectivity index (χ4n) is 2.98. The molecule has 0 aromatic carbocycles. The van der Waals surface area contributed by atoms with Crippen LogP contribution in [0.3, 0.4) is 0 Å². The maximum absolute atomic E-state index is 12.5. The van der Waals surface area contributed by atoms with Gasteiger partial charge in [-0.1, -0.05) is 5.16 Å². The number of hydrogen-bond donors (Lipinski definition) is 1. The summed E-state index contributed by atoms with van der Waals surface area (Å²) in [7, 11) is 0. The Morgan fingerprint density at radius 1 is 1.39 bits per heavy atom. The third kappa shape index (κ3) is 3.06. The molecule has 1 saturated heterocycles. The van der Waals surface area contributed by atoms with Gasteiger partial charge in [0.25, 0.3) is 0 Å². The van der Waals surface area contributed by atoms with Crippen LogP contribution in [-0.4, -0.2) is 39.3 Å². The van der Waals surface area contributed by atoms with Gasteiger partial charge in [0.15, 0.2) is 5.82 Å². The van der Waals surface area contributed by atoms with Crippen molar-refractivity contribution < 1.29 is 14.1 Å². The number of carbonyl (C=O) groups excluding carboxylic acids is 2. The summed E-state index contributed by atoms with van der Waals surface area (Å²) in [6, 6.07) is 1.67. The molecule has 1 aliphatic carbocycles. The Morgan fingerprint density at radius 2 is 2.00 bits per heavy atom. The normalized spacial score (nSPS) is 26.9. The SMILES string of the molecule is Cc1cc(NC(=O)C2CCN(C(=O)C3(C)CC3(Cl)Cl)CC2)no1. The summed E-state index contributed by atoms with van der Waals surface area (Å²) in [5, 5.41) is 6.49. The molecule has 1 aromatic heterocycles. The van der Waals surface area contributed by atoms with Gasteiger partial charge in [0.1, 0.15) is 10.1 Å². The molecule has 1 unspecified atom stereocenters. The molecule has 1 aromatic rings. The van der Waals surface area contributed by atoms with Crippen LogP contribution in [0.1, 0.15) is 31.9 Å². The van der Waals surface area contributed by atoms with E-state index in [-0.39, 0.29) is 17.7 Å². The van der Waals surface area contributed by atoms with E-state index in [9.17, 15) is 9.59 Å². The van der Waals surface area contributed by atoms with Gasteiger partial charge >= 0.3 is 0 Å². The molecular formula is C15H19Cl2N3O3. The van der Waals surface area contributed by atoms with E-state index in [0.29, 0.717) is 43.9 Å².